The Kier molecular flexibility index (Phi) is 68.2. The quantitative estimate of drug-likeness (QED) is 0.0146. The fraction of sp³-hybridized carbons (Fsp3) is 0.779. The lowest BCUT2D eigenvalue weighted by Gasteiger charge is -2.21. The number of ether oxygens (including phenoxy) is 3. The van der Waals surface area contributed by atoms with Crippen LogP contribution in [-0.2, 0) is 55.8 Å². The minimum absolute atomic E-state index is 0.0987. The molecule has 0 fully saturated rings. The third-order valence-electron chi connectivity index (χ3n) is 16.1. The van der Waals surface area contributed by atoms with Crippen LogP contribution in [0.3, 0.4) is 0 Å². The molecular weight excluding hydrogens is 1240 g/mol. The maximum atomic E-state index is 12.8. The van der Waals surface area contributed by atoms with Crippen LogP contribution in [0.2, 0.25) is 0 Å². The van der Waals surface area contributed by atoms with E-state index in [1.807, 2.05) is 0 Å². The number of rotatable bonds is 72. The molecule has 0 aromatic carbocycles. The molecule has 0 aliphatic rings. The standard InChI is InChI=1S/C77H138O16P2/c1-4-7-10-13-16-19-22-24-25-26-27-28-29-30-31-32-33-34-35-36-37-38-39-40-41-42-43-44-45-47-50-51-54-57-60-63-75(80)87-66-72(78)67-89-94(83,84)90-68-73(79)69-91-95(85,86)92-71-74(93-77(82)65-62-59-56-53-48-21-18-15-12-9-6-3)70-88-76(81)64-61-58-55-52-49-46-23-20-17-14-11-8-5-2/h7,10,15-16,18-19,24-25,27-28,30-31,33-34,72-74,78-79H,4-6,8-9,11-14,17,20-23,26,29,32,35-71H2,1-3H3,(H,83,84)(H,85,86)/b10-7-,18-15-,19-16-,25-24-,28-27-,31-30-,34-33-. The number of phosphoric acid groups is 2. The Morgan fingerprint density at radius 3 is 0.926 bits per heavy atom. The minimum Gasteiger partial charge on any atom is -0.463 e. The summed E-state index contributed by atoms with van der Waals surface area (Å²) in [4.78, 5) is 58.3. The number of allylic oxidation sites excluding steroid dienone is 14. The molecule has 0 aromatic heterocycles. The molecule has 0 saturated heterocycles. The maximum absolute atomic E-state index is 12.8. The van der Waals surface area contributed by atoms with Crippen LogP contribution in [0.5, 0.6) is 0 Å². The van der Waals surface area contributed by atoms with E-state index >= 15 is 0 Å². The largest absolute Gasteiger partial charge is 0.472 e. The van der Waals surface area contributed by atoms with Crippen molar-refractivity contribution >= 4 is 33.6 Å². The first-order valence-corrected chi connectivity index (χ1v) is 40.9. The highest BCUT2D eigenvalue weighted by molar-refractivity contribution is 7.47. The number of hydrogen-bond acceptors (Lipinski definition) is 14. The van der Waals surface area contributed by atoms with Crippen LogP contribution in [0.1, 0.15) is 329 Å². The Morgan fingerprint density at radius 1 is 0.305 bits per heavy atom. The summed E-state index contributed by atoms with van der Waals surface area (Å²) < 4.78 is 60.9. The third kappa shape index (κ3) is 71.8. The molecule has 4 N–H and O–H groups in total. The fourth-order valence-corrected chi connectivity index (χ4v) is 11.9. The van der Waals surface area contributed by atoms with Crippen molar-refractivity contribution in [2.24, 2.45) is 0 Å². The number of carbonyl (C=O) groups excluding carboxylic acids is 3. The second-order valence-electron chi connectivity index (χ2n) is 25.4. The van der Waals surface area contributed by atoms with E-state index in [1.165, 1.54) is 154 Å². The fourth-order valence-electron chi connectivity index (χ4n) is 10.3. The number of unbranched alkanes of at least 4 members (excludes halogenated alkanes) is 35. The van der Waals surface area contributed by atoms with Gasteiger partial charge >= 0.3 is 33.6 Å². The zero-order valence-electron chi connectivity index (χ0n) is 60.1. The van der Waals surface area contributed by atoms with E-state index in [0.29, 0.717) is 19.3 Å². The van der Waals surface area contributed by atoms with Gasteiger partial charge in [-0.15, -0.1) is 0 Å². The smallest absolute Gasteiger partial charge is 0.463 e. The number of esters is 3. The van der Waals surface area contributed by atoms with E-state index in [1.54, 1.807) is 0 Å². The van der Waals surface area contributed by atoms with E-state index in [4.69, 9.17) is 32.3 Å². The first-order chi connectivity index (χ1) is 46.2. The van der Waals surface area contributed by atoms with Crippen molar-refractivity contribution in [2.45, 2.75) is 347 Å². The Labute approximate surface area is 578 Å². The zero-order chi connectivity index (χ0) is 69.5. The lowest BCUT2D eigenvalue weighted by molar-refractivity contribution is -0.161. The highest BCUT2D eigenvalue weighted by Crippen LogP contribution is 2.45. The van der Waals surface area contributed by atoms with Gasteiger partial charge in [0.2, 0.25) is 0 Å². The Balaban J connectivity index is 4.25. The molecule has 0 spiro atoms. The molecular formula is C77H138O16P2. The summed E-state index contributed by atoms with van der Waals surface area (Å²) in [6.45, 7) is 2.54. The molecule has 0 saturated carbocycles. The molecule has 552 valence electrons. The molecule has 0 bridgehead atoms. The molecule has 0 aromatic rings. The van der Waals surface area contributed by atoms with Crippen LogP contribution in [0.4, 0.5) is 0 Å². The molecule has 0 amide bonds. The van der Waals surface area contributed by atoms with Crippen LogP contribution < -0.4 is 0 Å². The highest BCUT2D eigenvalue weighted by Gasteiger charge is 2.29. The first kappa shape index (κ1) is 91.7. The summed E-state index contributed by atoms with van der Waals surface area (Å²) in [7, 11) is -9.76. The van der Waals surface area contributed by atoms with E-state index in [-0.39, 0.29) is 19.3 Å². The van der Waals surface area contributed by atoms with Crippen molar-refractivity contribution in [1.82, 2.24) is 0 Å². The lowest BCUT2D eigenvalue weighted by atomic mass is 10.0. The van der Waals surface area contributed by atoms with Crippen molar-refractivity contribution in [3.8, 4) is 0 Å². The number of carbonyl (C=O) groups is 3. The Morgan fingerprint density at radius 2 is 0.568 bits per heavy atom. The third-order valence-corrected chi connectivity index (χ3v) is 18.0. The average Bonchev–Trinajstić information content (AvgIpc) is 3.02. The van der Waals surface area contributed by atoms with Crippen LogP contribution in [-0.4, -0.2) is 95.9 Å². The summed E-state index contributed by atoms with van der Waals surface area (Å²) in [5.74, 6) is -1.57. The van der Waals surface area contributed by atoms with Crippen molar-refractivity contribution in [1.29, 1.82) is 0 Å². The second-order valence-corrected chi connectivity index (χ2v) is 28.3. The highest BCUT2D eigenvalue weighted by atomic mass is 31.2. The number of aliphatic hydroxyl groups is 2. The van der Waals surface area contributed by atoms with E-state index in [9.17, 15) is 43.5 Å². The topological polar surface area (TPSA) is 231 Å². The lowest BCUT2D eigenvalue weighted by Crippen LogP contribution is -2.30. The second kappa shape index (κ2) is 70.6. The van der Waals surface area contributed by atoms with Gasteiger partial charge in [-0.25, -0.2) is 9.13 Å². The first-order valence-electron chi connectivity index (χ1n) is 37.9. The van der Waals surface area contributed by atoms with Gasteiger partial charge in [-0.1, -0.05) is 305 Å². The molecule has 16 nitrogen and oxygen atoms in total. The summed E-state index contributed by atoms with van der Waals surface area (Å²) in [5, 5.41) is 20.6. The van der Waals surface area contributed by atoms with Gasteiger partial charge in [0.15, 0.2) is 6.10 Å². The van der Waals surface area contributed by atoms with Crippen LogP contribution in [0.25, 0.3) is 0 Å². The molecule has 0 heterocycles. The number of hydrogen-bond donors (Lipinski definition) is 4. The maximum Gasteiger partial charge on any atom is 0.472 e. The van der Waals surface area contributed by atoms with Gasteiger partial charge in [0.05, 0.1) is 26.4 Å². The minimum atomic E-state index is -4.91. The van der Waals surface area contributed by atoms with Crippen LogP contribution >= 0.6 is 15.6 Å². The van der Waals surface area contributed by atoms with E-state index in [2.05, 4.69) is 106 Å². The predicted molar refractivity (Wildman–Crippen MR) is 390 cm³/mol. The van der Waals surface area contributed by atoms with Gasteiger partial charge in [-0.3, -0.25) is 32.5 Å². The van der Waals surface area contributed by atoms with Crippen LogP contribution in [0, 0.1) is 0 Å². The summed E-state index contributed by atoms with van der Waals surface area (Å²) >= 11 is 0. The molecule has 5 atom stereocenters. The Hall–Kier alpha value is -3.27. The number of aliphatic hydroxyl groups excluding tert-OH is 2. The van der Waals surface area contributed by atoms with Gasteiger partial charge in [-0.05, 0) is 89.9 Å². The molecule has 5 unspecified atom stereocenters. The van der Waals surface area contributed by atoms with Crippen molar-refractivity contribution < 1.29 is 75.8 Å². The van der Waals surface area contributed by atoms with Gasteiger partial charge in [0.25, 0.3) is 0 Å². The average molecular weight is 1380 g/mol. The molecule has 95 heavy (non-hydrogen) atoms. The summed E-state index contributed by atoms with van der Waals surface area (Å²) in [6, 6.07) is 0. The SMILES string of the molecule is CC/C=C\C/C=C\C/C=C\C/C=C\C/C=C\C/C=C\CCCCCCCCCCCCCCCCCCC(=O)OCC(O)COP(=O)(O)OCC(O)COP(=O)(O)OCC(COC(=O)CCCCCCCCCCCCCCC)OC(=O)CCCCCCC/C=C\CCCC. The van der Waals surface area contributed by atoms with Crippen molar-refractivity contribution in [2.75, 3.05) is 39.6 Å². The predicted octanol–water partition coefficient (Wildman–Crippen LogP) is 21.7. The Bertz CT molecular complexity index is 2070. The molecule has 0 aliphatic carbocycles. The molecule has 0 rings (SSSR count). The van der Waals surface area contributed by atoms with Gasteiger partial charge in [0, 0.05) is 19.3 Å². The van der Waals surface area contributed by atoms with Gasteiger partial charge in [0.1, 0.15) is 25.4 Å². The van der Waals surface area contributed by atoms with Crippen molar-refractivity contribution in [3.05, 3.63) is 85.1 Å². The number of phosphoric ester groups is 2. The summed E-state index contributed by atoms with van der Waals surface area (Å²) in [5.41, 5.74) is 0. The summed E-state index contributed by atoms with van der Waals surface area (Å²) in [6.07, 6.45) is 78.2. The van der Waals surface area contributed by atoms with Crippen molar-refractivity contribution in [3.63, 3.8) is 0 Å². The zero-order valence-corrected chi connectivity index (χ0v) is 61.9. The van der Waals surface area contributed by atoms with Gasteiger partial charge < -0.3 is 34.2 Å². The molecule has 0 aliphatic heterocycles. The van der Waals surface area contributed by atoms with E-state index < -0.39 is 91.5 Å². The van der Waals surface area contributed by atoms with E-state index in [0.717, 1.165) is 116 Å². The normalized spacial score (nSPS) is 14.6. The monoisotopic (exact) mass is 1380 g/mol. The molecule has 18 heteroatoms. The van der Waals surface area contributed by atoms with Gasteiger partial charge in [-0.2, -0.15) is 0 Å². The van der Waals surface area contributed by atoms with Crippen LogP contribution in [0.15, 0.2) is 85.1 Å². The molecule has 0 radical (unpaired) electrons.